The van der Waals surface area contributed by atoms with E-state index in [1.54, 1.807) is 42.1 Å². The first-order valence-electron chi connectivity index (χ1n) is 8.98. The van der Waals surface area contributed by atoms with Gasteiger partial charge in [-0.3, -0.25) is 4.79 Å². The zero-order chi connectivity index (χ0) is 20.5. The Morgan fingerprint density at radius 2 is 1.76 bits per heavy atom. The molecule has 0 spiro atoms. The van der Waals surface area contributed by atoms with Crippen molar-refractivity contribution < 1.29 is 0 Å². The van der Waals surface area contributed by atoms with Crippen molar-refractivity contribution in [3.8, 4) is 11.1 Å². The van der Waals surface area contributed by atoms with Crippen LogP contribution in [0.15, 0.2) is 65.6 Å². The van der Waals surface area contributed by atoms with Crippen molar-refractivity contribution in [3.63, 3.8) is 0 Å². The van der Waals surface area contributed by atoms with E-state index >= 15 is 0 Å². The molecule has 3 N–H and O–H groups in total. The quantitative estimate of drug-likeness (QED) is 0.477. The van der Waals surface area contributed by atoms with Crippen LogP contribution >= 0.6 is 23.2 Å². The number of aromatic nitrogens is 2. The molecule has 2 heterocycles. The average Bonchev–Trinajstić information content (AvgIpc) is 2.72. The lowest BCUT2D eigenvalue weighted by Gasteiger charge is -2.13. The molecule has 7 heteroatoms. The standard InChI is InChI=1S/C22H18Cl2N4O/c1-28-19-10-20(27-15-7-5-13(11-25)6-8-15)26-12-14(19)9-16(22(28)29)21-17(23)3-2-4-18(21)24/h2-10,12H,11,25H2,1H3,(H,26,27). The minimum atomic E-state index is -0.183. The van der Waals surface area contributed by atoms with Crippen molar-refractivity contribution in [1.29, 1.82) is 0 Å². The number of rotatable bonds is 4. The molecule has 5 nitrogen and oxygen atoms in total. The van der Waals surface area contributed by atoms with Crippen LogP contribution in [0.3, 0.4) is 0 Å². The Labute approximate surface area is 177 Å². The highest BCUT2D eigenvalue weighted by atomic mass is 35.5. The van der Waals surface area contributed by atoms with Crippen LogP contribution in [0.5, 0.6) is 0 Å². The SMILES string of the molecule is Cn1c(=O)c(-c2c(Cl)cccc2Cl)cc2cnc(Nc3ccc(CN)cc3)cc21. The van der Waals surface area contributed by atoms with Crippen molar-refractivity contribution in [3.05, 3.63) is 86.8 Å². The highest BCUT2D eigenvalue weighted by Gasteiger charge is 2.15. The molecule has 4 rings (SSSR count). The first kappa shape index (κ1) is 19.5. The third-order valence-electron chi connectivity index (χ3n) is 4.80. The van der Waals surface area contributed by atoms with Crippen molar-refractivity contribution >= 4 is 45.6 Å². The van der Waals surface area contributed by atoms with Gasteiger partial charge in [-0.1, -0.05) is 41.4 Å². The third kappa shape index (κ3) is 3.72. The maximum atomic E-state index is 13.0. The maximum Gasteiger partial charge on any atom is 0.258 e. The molecule has 0 saturated carbocycles. The number of nitrogens with one attached hydrogen (secondary N) is 1. The molecular weight excluding hydrogens is 407 g/mol. The van der Waals surface area contributed by atoms with E-state index < -0.39 is 0 Å². The molecule has 0 bridgehead atoms. The molecule has 2 aromatic carbocycles. The fourth-order valence-corrected chi connectivity index (χ4v) is 3.84. The Hall–Kier alpha value is -2.86. The molecule has 0 atom stereocenters. The van der Waals surface area contributed by atoms with E-state index in [1.807, 2.05) is 30.3 Å². The molecule has 4 aromatic rings. The van der Waals surface area contributed by atoms with Crippen LogP contribution < -0.4 is 16.6 Å². The Bertz CT molecular complexity index is 1250. The number of anilines is 2. The number of benzene rings is 2. The molecular formula is C22H18Cl2N4O. The number of pyridine rings is 2. The summed E-state index contributed by atoms with van der Waals surface area (Å²) in [6.07, 6.45) is 1.72. The Kier molecular flexibility index (Phi) is 5.28. The summed E-state index contributed by atoms with van der Waals surface area (Å²) in [5.41, 5.74) is 9.11. The molecule has 0 aliphatic rings. The van der Waals surface area contributed by atoms with Gasteiger partial charge in [0, 0.05) is 42.5 Å². The van der Waals surface area contributed by atoms with Gasteiger partial charge in [-0.2, -0.15) is 0 Å². The zero-order valence-electron chi connectivity index (χ0n) is 15.6. The summed E-state index contributed by atoms with van der Waals surface area (Å²) in [6.45, 7) is 0.494. The van der Waals surface area contributed by atoms with E-state index in [-0.39, 0.29) is 5.56 Å². The molecule has 29 heavy (non-hydrogen) atoms. The lowest BCUT2D eigenvalue weighted by atomic mass is 10.1. The van der Waals surface area contributed by atoms with Gasteiger partial charge >= 0.3 is 0 Å². The van der Waals surface area contributed by atoms with Crippen molar-refractivity contribution in [2.75, 3.05) is 5.32 Å². The largest absolute Gasteiger partial charge is 0.340 e. The van der Waals surface area contributed by atoms with E-state index in [1.165, 1.54) is 0 Å². The molecule has 0 aliphatic heterocycles. The summed E-state index contributed by atoms with van der Waals surface area (Å²) in [7, 11) is 1.72. The van der Waals surface area contributed by atoms with Crippen molar-refractivity contribution in [2.24, 2.45) is 12.8 Å². The summed E-state index contributed by atoms with van der Waals surface area (Å²) in [5, 5.41) is 4.92. The molecule has 2 aromatic heterocycles. The van der Waals surface area contributed by atoms with Gasteiger partial charge in [0.25, 0.3) is 5.56 Å². The lowest BCUT2D eigenvalue weighted by Crippen LogP contribution is -2.19. The first-order valence-corrected chi connectivity index (χ1v) is 9.73. The highest BCUT2D eigenvalue weighted by molar-refractivity contribution is 6.39. The second-order valence-electron chi connectivity index (χ2n) is 6.67. The monoisotopic (exact) mass is 424 g/mol. The Morgan fingerprint density at radius 3 is 2.41 bits per heavy atom. The second kappa shape index (κ2) is 7.87. The van der Waals surface area contributed by atoms with Crippen LogP contribution in [0.1, 0.15) is 5.56 Å². The fourth-order valence-electron chi connectivity index (χ4n) is 3.24. The lowest BCUT2D eigenvalue weighted by molar-refractivity contribution is 0.907. The number of halogens is 2. The molecule has 0 amide bonds. The zero-order valence-corrected chi connectivity index (χ0v) is 17.1. The normalized spacial score (nSPS) is 11.0. The van der Waals surface area contributed by atoms with E-state index in [2.05, 4.69) is 10.3 Å². The van der Waals surface area contributed by atoms with E-state index in [0.717, 1.165) is 22.2 Å². The Balaban J connectivity index is 1.78. The summed E-state index contributed by atoms with van der Waals surface area (Å²) in [6, 6.07) is 16.6. The summed E-state index contributed by atoms with van der Waals surface area (Å²) >= 11 is 12.6. The van der Waals surface area contributed by atoms with Crippen LogP contribution in [-0.2, 0) is 13.6 Å². The topological polar surface area (TPSA) is 72.9 Å². The molecule has 0 aliphatic carbocycles. The number of hydrogen-bond acceptors (Lipinski definition) is 4. The van der Waals surface area contributed by atoms with Gasteiger partial charge in [-0.05, 0) is 35.9 Å². The van der Waals surface area contributed by atoms with Gasteiger partial charge in [0.15, 0.2) is 0 Å². The van der Waals surface area contributed by atoms with Crippen LogP contribution in [0.2, 0.25) is 10.0 Å². The van der Waals surface area contributed by atoms with Crippen molar-refractivity contribution in [2.45, 2.75) is 6.54 Å². The van der Waals surface area contributed by atoms with Gasteiger partial charge < -0.3 is 15.6 Å². The molecule has 0 fully saturated rings. The number of aryl methyl sites for hydroxylation is 1. The van der Waals surface area contributed by atoms with Crippen LogP contribution in [0, 0.1) is 0 Å². The summed E-state index contributed by atoms with van der Waals surface area (Å²) in [4.78, 5) is 17.5. The van der Waals surface area contributed by atoms with Crippen LogP contribution in [0.25, 0.3) is 22.0 Å². The molecule has 146 valence electrons. The van der Waals surface area contributed by atoms with Crippen molar-refractivity contribution in [1.82, 2.24) is 9.55 Å². The average molecular weight is 425 g/mol. The maximum absolute atomic E-state index is 13.0. The van der Waals surface area contributed by atoms with Crippen LogP contribution in [0.4, 0.5) is 11.5 Å². The van der Waals surface area contributed by atoms with E-state index in [9.17, 15) is 4.79 Å². The first-order chi connectivity index (χ1) is 14.0. The van der Waals surface area contributed by atoms with Gasteiger partial charge in [-0.25, -0.2) is 4.98 Å². The van der Waals surface area contributed by atoms with E-state index in [0.29, 0.717) is 33.5 Å². The Morgan fingerprint density at radius 1 is 1.07 bits per heavy atom. The highest BCUT2D eigenvalue weighted by Crippen LogP contribution is 2.34. The molecule has 0 unspecified atom stereocenters. The summed E-state index contributed by atoms with van der Waals surface area (Å²) < 4.78 is 1.58. The van der Waals surface area contributed by atoms with Gasteiger partial charge in [-0.15, -0.1) is 0 Å². The molecule has 0 radical (unpaired) electrons. The predicted molar refractivity (Wildman–Crippen MR) is 120 cm³/mol. The van der Waals surface area contributed by atoms with Gasteiger partial charge in [0.2, 0.25) is 0 Å². The smallest absolute Gasteiger partial charge is 0.258 e. The number of nitrogens with zero attached hydrogens (tertiary/aromatic N) is 2. The van der Waals surface area contributed by atoms with E-state index in [4.69, 9.17) is 28.9 Å². The summed E-state index contributed by atoms with van der Waals surface area (Å²) in [5.74, 6) is 0.636. The predicted octanol–water partition coefficient (Wildman–Crippen LogP) is 5.11. The molecule has 0 saturated heterocycles. The number of nitrogens with two attached hydrogens (primary N) is 1. The number of hydrogen-bond donors (Lipinski definition) is 2. The van der Waals surface area contributed by atoms with Crippen LogP contribution in [-0.4, -0.2) is 9.55 Å². The number of fused-ring (bicyclic) bond motifs is 1. The minimum Gasteiger partial charge on any atom is -0.340 e. The minimum absolute atomic E-state index is 0.183. The van der Waals surface area contributed by atoms with Gasteiger partial charge in [0.1, 0.15) is 5.82 Å². The second-order valence-corrected chi connectivity index (χ2v) is 7.49. The third-order valence-corrected chi connectivity index (χ3v) is 5.43. The fraction of sp³-hybridized carbons (Fsp3) is 0.0909. The van der Waals surface area contributed by atoms with Gasteiger partial charge in [0.05, 0.1) is 21.1 Å².